The van der Waals surface area contributed by atoms with Crippen molar-refractivity contribution in [3.8, 4) is 0 Å². The molecule has 0 saturated heterocycles. The molecule has 2 aromatic heterocycles. The smallest absolute Gasteiger partial charge is 0.292 e. The van der Waals surface area contributed by atoms with Crippen molar-refractivity contribution in [1.82, 2.24) is 19.2 Å². The van der Waals surface area contributed by atoms with E-state index in [4.69, 9.17) is 0 Å². The van der Waals surface area contributed by atoms with Gasteiger partial charge in [0.1, 0.15) is 5.69 Å². The SMILES string of the molecule is CC(C)CCn1c(=O)c2ccccc2n2c(SCC(=O)Nc3ccccc3[N+](=O)[O-])nnc12. The van der Waals surface area contributed by atoms with Crippen molar-refractivity contribution in [1.29, 1.82) is 0 Å². The number of rotatable bonds is 8. The maximum Gasteiger partial charge on any atom is 0.292 e. The van der Waals surface area contributed by atoms with Crippen molar-refractivity contribution >= 4 is 45.7 Å². The summed E-state index contributed by atoms with van der Waals surface area (Å²) in [6, 6.07) is 13.2. The molecular formula is C22H22N6O4S. The van der Waals surface area contributed by atoms with E-state index in [0.717, 1.165) is 18.2 Å². The van der Waals surface area contributed by atoms with Gasteiger partial charge in [0.05, 0.1) is 21.6 Å². The van der Waals surface area contributed by atoms with Crippen LogP contribution in [-0.2, 0) is 11.3 Å². The number of carbonyl (C=O) groups is 1. The maximum absolute atomic E-state index is 13.1. The molecule has 4 rings (SSSR count). The number of fused-ring (bicyclic) bond motifs is 3. The number of hydrogen-bond acceptors (Lipinski definition) is 7. The fourth-order valence-corrected chi connectivity index (χ4v) is 4.21. The van der Waals surface area contributed by atoms with Gasteiger partial charge in [-0.05, 0) is 30.5 Å². The zero-order valence-electron chi connectivity index (χ0n) is 18.1. The summed E-state index contributed by atoms with van der Waals surface area (Å²) in [5.41, 5.74) is 0.484. The number of aryl methyl sites for hydroxylation is 1. The van der Waals surface area contributed by atoms with Crippen molar-refractivity contribution in [2.75, 3.05) is 11.1 Å². The van der Waals surface area contributed by atoms with Crippen LogP contribution in [0.4, 0.5) is 11.4 Å². The fourth-order valence-electron chi connectivity index (χ4n) is 3.47. The first-order valence-electron chi connectivity index (χ1n) is 10.4. The average molecular weight is 467 g/mol. The summed E-state index contributed by atoms with van der Waals surface area (Å²) in [7, 11) is 0. The molecule has 0 atom stereocenters. The number of benzene rings is 2. The lowest BCUT2D eigenvalue weighted by molar-refractivity contribution is -0.383. The molecule has 33 heavy (non-hydrogen) atoms. The molecule has 2 aromatic carbocycles. The van der Waals surface area contributed by atoms with E-state index in [-0.39, 0.29) is 22.7 Å². The van der Waals surface area contributed by atoms with Crippen LogP contribution in [0, 0.1) is 16.0 Å². The molecular weight excluding hydrogens is 444 g/mol. The van der Waals surface area contributed by atoms with Crippen LogP contribution in [0.5, 0.6) is 0 Å². The molecule has 0 spiro atoms. The molecule has 0 unspecified atom stereocenters. The van der Waals surface area contributed by atoms with Crippen molar-refractivity contribution in [3.63, 3.8) is 0 Å². The van der Waals surface area contributed by atoms with Crippen LogP contribution in [0.15, 0.2) is 58.5 Å². The van der Waals surface area contributed by atoms with Crippen LogP contribution < -0.4 is 10.9 Å². The van der Waals surface area contributed by atoms with Gasteiger partial charge in [-0.2, -0.15) is 0 Å². The van der Waals surface area contributed by atoms with Crippen LogP contribution in [0.25, 0.3) is 16.7 Å². The number of amides is 1. The second kappa shape index (κ2) is 9.41. The van der Waals surface area contributed by atoms with Gasteiger partial charge >= 0.3 is 0 Å². The van der Waals surface area contributed by atoms with E-state index < -0.39 is 10.8 Å². The van der Waals surface area contributed by atoms with E-state index in [2.05, 4.69) is 29.4 Å². The molecule has 0 bridgehead atoms. The highest BCUT2D eigenvalue weighted by molar-refractivity contribution is 7.99. The Hall–Kier alpha value is -3.73. The third-order valence-corrected chi connectivity index (χ3v) is 6.04. The fraction of sp³-hybridized carbons (Fsp3) is 0.273. The molecule has 4 aromatic rings. The lowest BCUT2D eigenvalue weighted by Crippen LogP contribution is -2.24. The van der Waals surface area contributed by atoms with Gasteiger partial charge in [0, 0.05) is 12.6 Å². The second-order valence-corrected chi connectivity index (χ2v) is 8.83. The Morgan fingerprint density at radius 3 is 2.64 bits per heavy atom. The molecule has 0 aliphatic carbocycles. The highest BCUT2D eigenvalue weighted by atomic mass is 32.2. The van der Waals surface area contributed by atoms with Crippen molar-refractivity contribution in [3.05, 3.63) is 69.0 Å². The highest BCUT2D eigenvalue weighted by Crippen LogP contribution is 2.25. The van der Waals surface area contributed by atoms with Crippen molar-refractivity contribution in [2.24, 2.45) is 5.92 Å². The van der Waals surface area contributed by atoms with Crippen molar-refractivity contribution in [2.45, 2.75) is 32.0 Å². The van der Waals surface area contributed by atoms with Gasteiger partial charge < -0.3 is 5.32 Å². The van der Waals surface area contributed by atoms with Crippen LogP contribution in [0.1, 0.15) is 20.3 Å². The van der Waals surface area contributed by atoms with E-state index in [0.29, 0.717) is 34.3 Å². The van der Waals surface area contributed by atoms with E-state index in [1.54, 1.807) is 27.2 Å². The van der Waals surface area contributed by atoms with E-state index in [1.165, 1.54) is 18.2 Å². The number of anilines is 1. The number of aromatic nitrogens is 4. The van der Waals surface area contributed by atoms with Gasteiger partial charge in [-0.25, -0.2) is 0 Å². The Morgan fingerprint density at radius 1 is 1.15 bits per heavy atom. The number of hydrogen-bond donors (Lipinski definition) is 1. The first-order chi connectivity index (χ1) is 15.9. The third kappa shape index (κ3) is 4.58. The number of nitro benzene ring substituents is 1. The molecule has 0 saturated carbocycles. The Labute approximate surface area is 192 Å². The number of para-hydroxylation sites is 3. The molecule has 0 radical (unpaired) electrons. The molecule has 1 N–H and O–H groups in total. The lowest BCUT2D eigenvalue weighted by Gasteiger charge is -2.12. The molecule has 0 fully saturated rings. The molecule has 0 aliphatic heterocycles. The largest absolute Gasteiger partial charge is 0.320 e. The Bertz CT molecular complexity index is 1410. The first kappa shape index (κ1) is 22.5. The maximum atomic E-state index is 13.1. The van der Waals surface area contributed by atoms with Crippen LogP contribution in [0.3, 0.4) is 0 Å². The summed E-state index contributed by atoms with van der Waals surface area (Å²) in [4.78, 5) is 36.2. The van der Waals surface area contributed by atoms with Gasteiger partial charge in [-0.15, -0.1) is 10.2 Å². The topological polar surface area (TPSA) is 124 Å². The van der Waals surface area contributed by atoms with Crippen LogP contribution >= 0.6 is 11.8 Å². The predicted octanol–water partition coefficient (Wildman–Crippen LogP) is 3.73. The summed E-state index contributed by atoms with van der Waals surface area (Å²) in [6.45, 7) is 4.68. The number of nitrogens with one attached hydrogen (secondary N) is 1. The molecule has 10 nitrogen and oxygen atoms in total. The Kier molecular flexibility index (Phi) is 6.40. The minimum atomic E-state index is -0.544. The van der Waals surface area contributed by atoms with Gasteiger partial charge in [-0.3, -0.25) is 28.7 Å². The molecule has 11 heteroatoms. The molecule has 1 amide bonds. The summed E-state index contributed by atoms with van der Waals surface area (Å²) >= 11 is 1.14. The zero-order chi connectivity index (χ0) is 23.5. The molecule has 170 valence electrons. The summed E-state index contributed by atoms with van der Waals surface area (Å²) in [6.07, 6.45) is 0.807. The van der Waals surface area contributed by atoms with E-state index >= 15 is 0 Å². The quantitative estimate of drug-likeness (QED) is 0.238. The molecule has 0 aliphatic rings. The van der Waals surface area contributed by atoms with Crippen molar-refractivity contribution < 1.29 is 9.72 Å². The van der Waals surface area contributed by atoms with Crippen LogP contribution in [0.2, 0.25) is 0 Å². The second-order valence-electron chi connectivity index (χ2n) is 7.89. The lowest BCUT2D eigenvalue weighted by atomic mass is 10.1. The number of thioether (sulfide) groups is 1. The van der Waals surface area contributed by atoms with E-state index in [1.807, 2.05) is 12.1 Å². The first-order valence-corrected chi connectivity index (χ1v) is 11.4. The minimum absolute atomic E-state index is 0.0354. The van der Waals surface area contributed by atoms with Crippen LogP contribution in [-0.4, -0.2) is 35.7 Å². The van der Waals surface area contributed by atoms with Gasteiger partial charge in [0.25, 0.3) is 11.2 Å². The Morgan fingerprint density at radius 2 is 1.88 bits per heavy atom. The number of carbonyl (C=O) groups excluding carboxylic acids is 1. The van der Waals surface area contributed by atoms with Gasteiger partial charge in [0.15, 0.2) is 5.16 Å². The number of nitrogens with zero attached hydrogens (tertiary/aromatic N) is 5. The third-order valence-electron chi connectivity index (χ3n) is 5.12. The Balaban J connectivity index is 1.65. The normalized spacial score (nSPS) is 11.4. The molecule has 2 heterocycles. The minimum Gasteiger partial charge on any atom is -0.320 e. The average Bonchev–Trinajstić information content (AvgIpc) is 3.21. The zero-order valence-corrected chi connectivity index (χ0v) is 18.9. The summed E-state index contributed by atoms with van der Waals surface area (Å²) < 4.78 is 3.40. The predicted molar refractivity (Wildman–Crippen MR) is 127 cm³/mol. The van der Waals surface area contributed by atoms with Gasteiger partial charge in [0.2, 0.25) is 11.7 Å². The number of nitro groups is 1. The van der Waals surface area contributed by atoms with Gasteiger partial charge in [-0.1, -0.05) is 49.9 Å². The highest BCUT2D eigenvalue weighted by Gasteiger charge is 2.19. The summed E-state index contributed by atoms with van der Waals surface area (Å²) in [5.74, 6) is 0.377. The standard InChI is InChI=1S/C22H22N6O4S/c1-14(2)11-12-26-20(30)15-7-3-5-9-17(15)27-21(26)24-25-22(27)33-13-19(29)23-16-8-4-6-10-18(16)28(31)32/h3-10,14H,11-13H2,1-2H3,(H,23,29). The monoisotopic (exact) mass is 466 g/mol. The van der Waals surface area contributed by atoms with E-state index in [9.17, 15) is 19.7 Å². The summed E-state index contributed by atoms with van der Waals surface area (Å²) in [5, 5.41) is 23.2.